The molecule has 7 heteroatoms. The molecule has 0 saturated carbocycles. The van der Waals surface area contributed by atoms with Crippen LogP contribution < -0.4 is 5.32 Å². The second-order valence-corrected chi connectivity index (χ2v) is 6.86. The molecule has 138 valence electrons. The standard InChI is InChI=1S/C20H16ClF2N3O/c1-10-13(18-14(22)3-4-15(23)19(18)25-10)6-7-24-20(27)17-9-11-8-12(21)2-5-16(11)26-17/h2-5,8-9,25-26H,6-7H2,1H3,(H,24,27). The van der Waals surface area contributed by atoms with E-state index in [0.29, 0.717) is 34.9 Å². The van der Waals surface area contributed by atoms with Gasteiger partial charge in [0.1, 0.15) is 17.3 Å². The van der Waals surface area contributed by atoms with Crippen LogP contribution in [0.15, 0.2) is 36.4 Å². The number of aromatic nitrogens is 2. The normalized spacial score (nSPS) is 11.4. The summed E-state index contributed by atoms with van der Waals surface area (Å²) < 4.78 is 28.0. The molecular weight excluding hydrogens is 372 g/mol. The van der Waals surface area contributed by atoms with Crippen LogP contribution in [0, 0.1) is 18.6 Å². The summed E-state index contributed by atoms with van der Waals surface area (Å²) in [6.45, 7) is 2.05. The van der Waals surface area contributed by atoms with Gasteiger partial charge in [-0.3, -0.25) is 4.79 Å². The fraction of sp³-hybridized carbons (Fsp3) is 0.150. The lowest BCUT2D eigenvalue weighted by molar-refractivity contribution is 0.0950. The molecule has 4 rings (SSSR count). The summed E-state index contributed by atoms with van der Waals surface area (Å²) in [6, 6.07) is 9.26. The number of rotatable bonds is 4. The van der Waals surface area contributed by atoms with E-state index in [1.165, 1.54) is 0 Å². The SMILES string of the molecule is Cc1[nH]c2c(F)ccc(F)c2c1CCNC(=O)c1cc2cc(Cl)ccc2[nH]1. The van der Waals surface area contributed by atoms with Crippen LogP contribution in [-0.4, -0.2) is 22.4 Å². The third kappa shape index (κ3) is 3.17. The molecule has 1 amide bonds. The summed E-state index contributed by atoms with van der Waals surface area (Å²) in [5.74, 6) is -1.25. The van der Waals surface area contributed by atoms with E-state index < -0.39 is 11.6 Å². The molecule has 4 nitrogen and oxygen atoms in total. The van der Waals surface area contributed by atoms with Crippen LogP contribution in [0.25, 0.3) is 21.8 Å². The summed E-state index contributed by atoms with van der Waals surface area (Å²) in [5.41, 5.74) is 2.73. The minimum atomic E-state index is -0.499. The van der Waals surface area contributed by atoms with Crippen LogP contribution in [0.3, 0.4) is 0 Å². The van der Waals surface area contributed by atoms with E-state index in [9.17, 15) is 13.6 Å². The quantitative estimate of drug-likeness (QED) is 0.460. The Morgan fingerprint density at radius 2 is 1.89 bits per heavy atom. The number of benzene rings is 2. The summed E-state index contributed by atoms with van der Waals surface area (Å²) in [6.07, 6.45) is 0.379. The number of halogens is 3. The van der Waals surface area contributed by atoms with Gasteiger partial charge in [0.2, 0.25) is 0 Å². The monoisotopic (exact) mass is 387 g/mol. The lowest BCUT2D eigenvalue weighted by Crippen LogP contribution is -2.26. The first-order valence-corrected chi connectivity index (χ1v) is 8.83. The predicted molar refractivity (Wildman–Crippen MR) is 102 cm³/mol. The molecule has 0 spiro atoms. The largest absolute Gasteiger partial charge is 0.356 e. The lowest BCUT2D eigenvalue weighted by atomic mass is 10.1. The Morgan fingerprint density at radius 3 is 2.70 bits per heavy atom. The molecule has 0 aliphatic heterocycles. The molecule has 0 saturated heterocycles. The van der Waals surface area contributed by atoms with E-state index in [0.717, 1.165) is 23.0 Å². The Morgan fingerprint density at radius 1 is 1.11 bits per heavy atom. The fourth-order valence-electron chi connectivity index (χ4n) is 3.35. The smallest absolute Gasteiger partial charge is 0.267 e. The van der Waals surface area contributed by atoms with Crippen molar-refractivity contribution in [2.24, 2.45) is 0 Å². The lowest BCUT2D eigenvalue weighted by Gasteiger charge is -2.05. The van der Waals surface area contributed by atoms with Gasteiger partial charge in [0.25, 0.3) is 5.91 Å². The predicted octanol–water partition coefficient (Wildman–Crippen LogP) is 4.86. The van der Waals surface area contributed by atoms with Gasteiger partial charge < -0.3 is 15.3 Å². The number of aryl methyl sites for hydroxylation is 1. The summed E-state index contributed by atoms with van der Waals surface area (Å²) in [4.78, 5) is 18.3. The highest BCUT2D eigenvalue weighted by atomic mass is 35.5. The van der Waals surface area contributed by atoms with Gasteiger partial charge in [0, 0.05) is 33.6 Å². The number of fused-ring (bicyclic) bond motifs is 2. The number of aromatic amines is 2. The molecule has 2 aromatic heterocycles. The van der Waals surface area contributed by atoms with Gasteiger partial charge in [-0.25, -0.2) is 8.78 Å². The van der Waals surface area contributed by atoms with Crippen molar-refractivity contribution in [3.05, 3.63) is 70.0 Å². The van der Waals surface area contributed by atoms with Gasteiger partial charge in [-0.1, -0.05) is 11.6 Å². The Balaban J connectivity index is 1.51. The highest BCUT2D eigenvalue weighted by molar-refractivity contribution is 6.31. The molecule has 0 radical (unpaired) electrons. The molecule has 2 aromatic carbocycles. The molecule has 3 N–H and O–H groups in total. The van der Waals surface area contributed by atoms with Gasteiger partial charge in [-0.2, -0.15) is 0 Å². The van der Waals surface area contributed by atoms with Crippen molar-refractivity contribution in [2.45, 2.75) is 13.3 Å². The molecule has 0 aliphatic carbocycles. The summed E-state index contributed by atoms with van der Waals surface area (Å²) in [5, 5.41) is 4.48. The number of H-pyrrole nitrogens is 2. The van der Waals surface area contributed by atoms with E-state index in [2.05, 4.69) is 15.3 Å². The van der Waals surface area contributed by atoms with Gasteiger partial charge in [0.05, 0.1) is 5.52 Å². The molecule has 0 unspecified atom stereocenters. The topological polar surface area (TPSA) is 60.7 Å². The average Bonchev–Trinajstić information content (AvgIpc) is 3.20. The molecule has 2 heterocycles. The number of hydrogen-bond acceptors (Lipinski definition) is 1. The molecule has 4 aromatic rings. The molecule has 0 aliphatic rings. The van der Waals surface area contributed by atoms with E-state index in [1.54, 1.807) is 31.2 Å². The first kappa shape index (κ1) is 17.5. The van der Waals surface area contributed by atoms with Crippen LogP contribution in [0.1, 0.15) is 21.7 Å². The van der Waals surface area contributed by atoms with Crippen LogP contribution in [0.5, 0.6) is 0 Å². The van der Waals surface area contributed by atoms with Crippen molar-refractivity contribution in [3.8, 4) is 0 Å². The summed E-state index contributed by atoms with van der Waals surface area (Å²) >= 11 is 5.96. The first-order chi connectivity index (χ1) is 12.9. The third-order valence-corrected chi connectivity index (χ3v) is 4.89. The van der Waals surface area contributed by atoms with E-state index in [-0.39, 0.29) is 16.8 Å². The van der Waals surface area contributed by atoms with Crippen molar-refractivity contribution >= 4 is 39.3 Å². The number of hydrogen-bond donors (Lipinski definition) is 3. The van der Waals surface area contributed by atoms with Gasteiger partial charge in [-0.15, -0.1) is 0 Å². The number of amides is 1. The van der Waals surface area contributed by atoms with Crippen molar-refractivity contribution in [2.75, 3.05) is 6.54 Å². The Bertz CT molecular complexity index is 1180. The van der Waals surface area contributed by atoms with Crippen LogP contribution in [0.4, 0.5) is 8.78 Å². The second-order valence-electron chi connectivity index (χ2n) is 6.43. The maximum atomic E-state index is 14.2. The van der Waals surface area contributed by atoms with Crippen molar-refractivity contribution in [1.29, 1.82) is 0 Å². The van der Waals surface area contributed by atoms with E-state index in [4.69, 9.17) is 11.6 Å². The van der Waals surface area contributed by atoms with Crippen LogP contribution in [0.2, 0.25) is 5.02 Å². The summed E-state index contributed by atoms with van der Waals surface area (Å²) in [7, 11) is 0. The molecule has 0 bridgehead atoms. The van der Waals surface area contributed by atoms with Crippen molar-refractivity contribution in [3.63, 3.8) is 0 Å². The van der Waals surface area contributed by atoms with Gasteiger partial charge >= 0.3 is 0 Å². The Labute approximate surface area is 158 Å². The van der Waals surface area contributed by atoms with Crippen LogP contribution in [-0.2, 0) is 6.42 Å². The van der Waals surface area contributed by atoms with Crippen molar-refractivity contribution in [1.82, 2.24) is 15.3 Å². The maximum Gasteiger partial charge on any atom is 0.267 e. The molecule has 0 fully saturated rings. The number of carbonyl (C=O) groups is 1. The zero-order valence-corrected chi connectivity index (χ0v) is 15.2. The van der Waals surface area contributed by atoms with Crippen molar-refractivity contribution < 1.29 is 13.6 Å². The highest BCUT2D eigenvalue weighted by Crippen LogP contribution is 2.27. The number of nitrogens with one attached hydrogen (secondary N) is 3. The maximum absolute atomic E-state index is 14.2. The zero-order valence-electron chi connectivity index (χ0n) is 14.4. The van der Waals surface area contributed by atoms with E-state index in [1.807, 2.05) is 0 Å². The minimum Gasteiger partial charge on any atom is -0.356 e. The Kier molecular flexibility index (Phi) is 4.36. The molecule has 27 heavy (non-hydrogen) atoms. The average molecular weight is 388 g/mol. The highest BCUT2D eigenvalue weighted by Gasteiger charge is 2.16. The number of carbonyl (C=O) groups excluding carboxylic acids is 1. The first-order valence-electron chi connectivity index (χ1n) is 8.45. The molecular formula is C20H16ClF2N3O. The Hall–Kier alpha value is -2.86. The zero-order chi connectivity index (χ0) is 19.1. The second kappa shape index (κ2) is 6.70. The van der Waals surface area contributed by atoms with Gasteiger partial charge in [-0.05, 0) is 55.3 Å². The minimum absolute atomic E-state index is 0.154. The fourth-order valence-corrected chi connectivity index (χ4v) is 3.53. The molecule has 0 atom stereocenters. The third-order valence-electron chi connectivity index (χ3n) is 4.66. The van der Waals surface area contributed by atoms with Crippen LogP contribution >= 0.6 is 11.6 Å². The van der Waals surface area contributed by atoms with Gasteiger partial charge in [0.15, 0.2) is 0 Å². The van der Waals surface area contributed by atoms with E-state index >= 15 is 0 Å².